The maximum Gasteiger partial charge on any atom is 3.00 e. The number of hydrogen-bond donors (Lipinski definition) is 0. The minimum absolute atomic E-state index is 0. The summed E-state index contributed by atoms with van der Waals surface area (Å²) in [4.78, 5) is 29.8. The molecule has 7 heteroatoms. The largest absolute Gasteiger partial charge is 3.00 e. The molecule has 0 N–H and O–H groups in total. The molecule has 0 heterocycles. The Morgan fingerprint density at radius 3 is 0.806 bits per heavy atom. The Hall–Kier alpha value is -0.356. The van der Waals surface area contributed by atoms with Gasteiger partial charge in [-0.1, -0.05) is 80.1 Å². The van der Waals surface area contributed by atoms with Gasteiger partial charge in [-0.05, 0) is 56.3 Å². The fourth-order valence-electron chi connectivity index (χ4n) is 2.47. The summed E-state index contributed by atoms with van der Waals surface area (Å²) in [6.07, 6.45) is 9.31. The molecule has 0 aromatic heterocycles. The van der Waals surface area contributed by atoms with E-state index in [1.165, 1.54) is 0 Å². The average molecular weight is 605 g/mol. The molecule has 0 unspecified atom stereocenters. The summed E-state index contributed by atoms with van der Waals surface area (Å²) < 4.78 is 0. The summed E-state index contributed by atoms with van der Waals surface area (Å²) >= 11 is 0. The topological polar surface area (TPSA) is 120 Å². The van der Waals surface area contributed by atoms with Crippen molar-refractivity contribution < 1.29 is 66.6 Å². The average Bonchev–Trinajstić information content (AvgIpc) is 2.60. The van der Waals surface area contributed by atoms with Crippen LogP contribution in [-0.4, -0.2) is 17.9 Å². The third kappa shape index (κ3) is 53.2. The van der Waals surface area contributed by atoms with E-state index in [9.17, 15) is 29.7 Å². The van der Waals surface area contributed by atoms with Crippen molar-refractivity contribution in [1.82, 2.24) is 0 Å². The zero-order valence-electron chi connectivity index (χ0n) is 20.4. The van der Waals surface area contributed by atoms with E-state index in [4.69, 9.17) is 0 Å². The molecule has 0 aliphatic carbocycles. The molecule has 0 spiro atoms. The molecular weight excluding hydrogens is 559 g/mol. The Kier molecular flexibility index (Phi) is 33.9. The summed E-state index contributed by atoms with van der Waals surface area (Å²) in [5.74, 6) is -0.735. The van der Waals surface area contributed by atoms with Gasteiger partial charge in [0.15, 0.2) is 0 Å². The number of unbranched alkanes of at least 4 members (excludes halogenated alkanes) is 3. The van der Waals surface area contributed by atoms with E-state index in [-0.39, 0.29) is 56.1 Å². The van der Waals surface area contributed by atoms with Crippen molar-refractivity contribution in [3.8, 4) is 0 Å². The van der Waals surface area contributed by atoms with Gasteiger partial charge in [0.25, 0.3) is 0 Å². The van der Waals surface area contributed by atoms with Crippen LogP contribution in [0.2, 0.25) is 0 Å². The summed E-state index contributed by atoms with van der Waals surface area (Å²) in [7, 11) is 0. The van der Waals surface area contributed by atoms with Crippen LogP contribution in [0, 0.1) is 54.6 Å². The molecule has 0 aromatic carbocycles. The molecule has 0 bridgehead atoms. The zero-order valence-corrected chi connectivity index (χ0v) is 22.1. The van der Waals surface area contributed by atoms with Crippen LogP contribution < -0.4 is 15.3 Å². The van der Waals surface area contributed by atoms with Gasteiger partial charge in [0, 0.05) is 17.9 Å². The van der Waals surface area contributed by atoms with Gasteiger partial charge >= 0.3 is 36.9 Å². The molecule has 0 atom stereocenters. The van der Waals surface area contributed by atoms with Crippen molar-refractivity contribution in [2.24, 2.45) is 17.8 Å². The number of carboxylic acids is 3. The fraction of sp³-hybridized carbons (Fsp3) is 0.875. The standard InChI is InChI=1S/3C8H16O2.Lu/c3*1-7(2)5-3-4-6-8(9)10;/h3*7H,3-6H2,1-2H3,(H,9,10);/q;;;+3/p-3. The number of carbonyl (C=O) groups excluding carboxylic acids is 3. The van der Waals surface area contributed by atoms with Crippen LogP contribution in [0.1, 0.15) is 119 Å². The molecule has 0 saturated heterocycles. The predicted molar refractivity (Wildman–Crippen MR) is 115 cm³/mol. The van der Waals surface area contributed by atoms with Crippen LogP contribution in [0.15, 0.2) is 0 Å². The van der Waals surface area contributed by atoms with E-state index in [1.54, 1.807) is 0 Å². The van der Waals surface area contributed by atoms with E-state index in [0.717, 1.165) is 57.8 Å². The normalized spacial score (nSPS) is 9.97. The van der Waals surface area contributed by atoms with Gasteiger partial charge in [0.1, 0.15) is 0 Å². The van der Waals surface area contributed by atoms with Gasteiger partial charge in [-0.3, -0.25) is 0 Å². The molecule has 0 aliphatic rings. The quantitative estimate of drug-likeness (QED) is 0.265. The van der Waals surface area contributed by atoms with Crippen molar-refractivity contribution in [3.63, 3.8) is 0 Å². The minimum Gasteiger partial charge on any atom is -0.550 e. The molecule has 0 amide bonds. The van der Waals surface area contributed by atoms with Crippen molar-refractivity contribution in [3.05, 3.63) is 0 Å². The van der Waals surface area contributed by atoms with Gasteiger partial charge in [0.2, 0.25) is 0 Å². The van der Waals surface area contributed by atoms with Crippen molar-refractivity contribution in [2.45, 2.75) is 119 Å². The number of hydrogen-bond acceptors (Lipinski definition) is 6. The monoisotopic (exact) mass is 604 g/mol. The Balaban J connectivity index is -0.000000174. The first-order chi connectivity index (χ1) is 13.9. The van der Waals surface area contributed by atoms with Crippen LogP contribution >= 0.6 is 0 Å². The van der Waals surface area contributed by atoms with E-state index >= 15 is 0 Å². The SMILES string of the molecule is CC(C)CCCCC(=O)[O-].CC(C)CCCCC(=O)[O-].CC(C)CCCCC(=O)[O-].[Lu+3]. The molecule has 0 aromatic rings. The zero-order chi connectivity index (χ0) is 23.9. The second kappa shape index (κ2) is 27.7. The number of carbonyl (C=O) groups is 3. The second-order valence-electron chi connectivity index (χ2n) is 9.03. The van der Waals surface area contributed by atoms with Gasteiger partial charge in [-0.25, -0.2) is 0 Å². The summed E-state index contributed by atoms with van der Waals surface area (Å²) in [5.41, 5.74) is 0. The molecule has 0 saturated carbocycles. The van der Waals surface area contributed by atoms with Crippen molar-refractivity contribution in [1.29, 1.82) is 0 Å². The van der Waals surface area contributed by atoms with Gasteiger partial charge in [-0.2, -0.15) is 0 Å². The van der Waals surface area contributed by atoms with Crippen molar-refractivity contribution >= 4 is 17.9 Å². The summed E-state index contributed by atoms with van der Waals surface area (Å²) in [5, 5.41) is 29.8. The summed E-state index contributed by atoms with van der Waals surface area (Å²) in [6, 6.07) is 0. The molecule has 0 radical (unpaired) electrons. The maximum absolute atomic E-state index is 9.93. The molecule has 0 rings (SSSR count). The fourth-order valence-corrected chi connectivity index (χ4v) is 2.47. The molecule has 6 nitrogen and oxygen atoms in total. The Labute approximate surface area is 219 Å². The van der Waals surface area contributed by atoms with E-state index in [2.05, 4.69) is 41.5 Å². The van der Waals surface area contributed by atoms with Crippen LogP contribution in [0.25, 0.3) is 0 Å². The Morgan fingerprint density at radius 1 is 0.484 bits per heavy atom. The minimum atomic E-state index is -0.927. The van der Waals surface area contributed by atoms with Gasteiger partial charge in [-0.15, -0.1) is 0 Å². The van der Waals surface area contributed by atoms with E-state index < -0.39 is 17.9 Å². The molecule has 0 fully saturated rings. The van der Waals surface area contributed by atoms with Crippen LogP contribution in [0.4, 0.5) is 0 Å². The molecule has 0 aliphatic heterocycles. The number of rotatable bonds is 15. The number of carboxylic acid groups (broad SMARTS) is 3. The van der Waals surface area contributed by atoms with E-state index in [1.807, 2.05) is 0 Å². The molecule has 31 heavy (non-hydrogen) atoms. The first-order valence-electron chi connectivity index (χ1n) is 11.5. The predicted octanol–water partition coefficient (Wildman–Crippen LogP) is 2.86. The first-order valence-corrected chi connectivity index (χ1v) is 11.5. The van der Waals surface area contributed by atoms with Gasteiger partial charge in [0.05, 0.1) is 0 Å². The van der Waals surface area contributed by atoms with Crippen LogP contribution in [0.5, 0.6) is 0 Å². The van der Waals surface area contributed by atoms with Gasteiger partial charge < -0.3 is 29.7 Å². The second-order valence-corrected chi connectivity index (χ2v) is 9.03. The molecular formula is C24H45LuO6. The Bertz CT molecular complexity index is 360. The van der Waals surface area contributed by atoms with Crippen LogP contribution in [0.3, 0.4) is 0 Å². The van der Waals surface area contributed by atoms with E-state index in [0.29, 0.717) is 17.8 Å². The smallest absolute Gasteiger partial charge is 0.550 e. The number of aliphatic carboxylic acids is 3. The molecule has 192 valence electrons. The van der Waals surface area contributed by atoms with Crippen LogP contribution in [-0.2, 0) is 14.4 Å². The Morgan fingerprint density at radius 2 is 0.677 bits per heavy atom. The third-order valence-electron chi connectivity index (χ3n) is 4.24. The first kappa shape index (κ1) is 37.9. The third-order valence-corrected chi connectivity index (χ3v) is 4.24. The summed E-state index contributed by atoms with van der Waals surface area (Å²) in [6.45, 7) is 12.8. The van der Waals surface area contributed by atoms with Crippen molar-refractivity contribution in [2.75, 3.05) is 0 Å². The maximum atomic E-state index is 9.93.